The van der Waals surface area contributed by atoms with Gasteiger partial charge in [0.25, 0.3) is 11.8 Å². The average Bonchev–Trinajstić information content (AvgIpc) is 3.33. The predicted molar refractivity (Wildman–Crippen MR) is 85.6 cm³/mol. The highest BCUT2D eigenvalue weighted by molar-refractivity contribution is 5.96. The smallest absolute Gasteiger partial charge is 0.338 e. The van der Waals surface area contributed by atoms with E-state index < -0.39 is 60.4 Å². The molecule has 0 aliphatic carbocycles. The molecule has 12 heteroatoms. The van der Waals surface area contributed by atoms with Gasteiger partial charge in [-0.05, 0) is 20.8 Å². The van der Waals surface area contributed by atoms with E-state index in [1.165, 1.54) is 13.8 Å². The number of primary amides is 1. The standard InChI is InChI=1S/C14H23N5O7/c1-4-25-14(24)10-9(26-10)13(23)19(5-8(16)20)18-12(22)7(3)17-11(21)6(2)15/h6-7,9-10H,4-5,15H2,1-3H3,(H2,16,20)(H,17,21)(H,18,22)/t6?,7?,9-,10-/m0/s1. The van der Waals surface area contributed by atoms with Crippen LogP contribution in [-0.4, -0.2) is 72.1 Å². The van der Waals surface area contributed by atoms with Crippen LogP contribution < -0.4 is 22.2 Å². The number of nitrogens with one attached hydrogen (secondary N) is 2. The van der Waals surface area contributed by atoms with Gasteiger partial charge >= 0.3 is 5.97 Å². The SMILES string of the molecule is CCOC(=O)[C@H]1O[C@@H]1C(=O)N(CC(N)=O)NC(=O)C(C)NC(=O)C(C)N. The first-order chi connectivity index (χ1) is 12.1. The second kappa shape index (κ2) is 9.10. The molecule has 4 amide bonds. The van der Waals surface area contributed by atoms with Crippen LogP contribution in [0.15, 0.2) is 0 Å². The van der Waals surface area contributed by atoms with E-state index in [2.05, 4.69) is 10.7 Å². The molecule has 0 aromatic heterocycles. The molecule has 12 nitrogen and oxygen atoms in total. The maximum absolute atomic E-state index is 12.3. The van der Waals surface area contributed by atoms with Crippen LogP contribution >= 0.6 is 0 Å². The monoisotopic (exact) mass is 373 g/mol. The summed E-state index contributed by atoms with van der Waals surface area (Å²) in [7, 11) is 0. The third kappa shape index (κ3) is 5.97. The number of hydrogen-bond donors (Lipinski definition) is 4. The van der Waals surface area contributed by atoms with Crippen molar-refractivity contribution in [3.63, 3.8) is 0 Å². The Morgan fingerprint density at radius 2 is 1.77 bits per heavy atom. The largest absolute Gasteiger partial charge is 0.464 e. The zero-order valence-corrected chi connectivity index (χ0v) is 14.7. The summed E-state index contributed by atoms with van der Waals surface area (Å²) in [5, 5.41) is 2.96. The van der Waals surface area contributed by atoms with Gasteiger partial charge in [-0.2, -0.15) is 0 Å². The summed E-state index contributed by atoms with van der Waals surface area (Å²) in [5.74, 6) is -3.84. The molecule has 0 radical (unpaired) electrons. The third-order valence-electron chi connectivity index (χ3n) is 3.24. The van der Waals surface area contributed by atoms with Crippen LogP contribution in [0.5, 0.6) is 0 Å². The Bertz CT molecular complexity index is 594. The van der Waals surface area contributed by atoms with Crippen LogP contribution in [0.25, 0.3) is 0 Å². The fourth-order valence-corrected chi connectivity index (χ4v) is 1.83. The summed E-state index contributed by atoms with van der Waals surface area (Å²) < 4.78 is 9.66. The molecular formula is C14H23N5O7. The molecule has 1 fully saturated rings. The van der Waals surface area contributed by atoms with Crippen LogP contribution in [0.1, 0.15) is 20.8 Å². The minimum absolute atomic E-state index is 0.109. The van der Waals surface area contributed by atoms with Crippen molar-refractivity contribution in [3.05, 3.63) is 0 Å². The molecule has 1 aliphatic heterocycles. The van der Waals surface area contributed by atoms with Gasteiger partial charge in [-0.3, -0.25) is 24.6 Å². The normalized spacial score (nSPS) is 20.3. The maximum atomic E-state index is 12.3. The summed E-state index contributed by atoms with van der Waals surface area (Å²) in [5.41, 5.74) is 12.6. The number of amides is 4. The second-order valence-corrected chi connectivity index (χ2v) is 5.62. The topological polar surface area (TPSA) is 186 Å². The Morgan fingerprint density at radius 3 is 2.27 bits per heavy atom. The maximum Gasteiger partial charge on any atom is 0.338 e. The zero-order valence-electron chi connectivity index (χ0n) is 14.7. The van der Waals surface area contributed by atoms with Gasteiger partial charge < -0.3 is 26.3 Å². The Hall–Kier alpha value is -2.73. The van der Waals surface area contributed by atoms with Gasteiger partial charge in [-0.25, -0.2) is 9.80 Å². The van der Waals surface area contributed by atoms with Crippen molar-refractivity contribution in [2.75, 3.05) is 13.2 Å². The number of nitrogens with two attached hydrogens (primary N) is 2. The number of esters is 1. The minimum Gasteiger partial charge on any atom is -0.464 e. The third-order valence-corrected chi connectivity index (χ3v) is 3.24. The molecular weight excluding hydrogens is 350 g/mol. The number of rotatable bonds is 8. The molecule has 6 N–H and O–H groups in total. The van der Waals surface area contributed by atoms with Crippen LogP contribution in [0, 0.1) is 0 Å². The summed E-state index contributed by atoms with van der Waals surface area (Å²) in [6.07, 6.45) is -2.30. The zero-order chi connectivity index (χ0) is 20.0. The lowest BCUT2D eigenvalue weighted by Gasteiger charge is -2.24. The fraction of sp³-hybridized carbons (Fsp3) is 0.643. The summed E-state index contributed by atoms with van der Waals surface area (Å²) in [6, 6.07) is -1.88. The lowest BCUT2D eigenvalue weighted by Crippen LogP contribution is -2.57. The first-order valence-electron chi connectivity index (χ1n) is 7.86. The van der Waals surface area contributed by atoms with Gasteiger partial charge in [0.1, 0.15) is 12.6 Å². The molecule has 0 aromatic rings. The van der Waals surface area contributed by atoms with Crippen molar-refractivity contribution in [2.45, 2.75) is 45.1 Å². The van der Waals surface area contributed by atoms with Gasteiger partial charge in [0, 0.05) is 0 Å². The van der Waals surface area contributed by atoms with Crippen molar-refractivity contribution < 1.29 is 33.4 Å². The quantitative estimate of drug-likeness (QED) is 0.192. The van der Waals surface area contributed by atoms with Crippen LogP contribution in [0.3, 0.4) is 0 Å². The Kier molecular flexibility index (Phi) is 7.46. The Labute approximate surface area is 149 Å². The Morgan fingerprint density at radius 1 is 1.15 bits per heavy atom. The number of ether oxygens (including phenoxy) is 2. The van der Waals surface area contributed by atoms with E-state index in [4.69, 9.17) is 20.9 Å². The lowest BCUT2D eigenvalue weighted by molar-refractivity contribution is -0.146. The number of carbonyl (C=O) groups excluding carboxylic acids is 5. The van der Waals surface area contributed by atoms with E-state index in [0.29, 0.717) is 5.01 Å². The summed E-state index contributed by atoms with van der Waals surface area (Å²) >= 11 is 0. The Balaban J connectivity index is 2.71. The van der Waals surface area contributed by atoms with Gasteiger partial charge in [0.2, 0.25) is 11.8 Å². The number of hydrogen-bond acceptors (Lipinski definition) is 8. The predicted octanol–water partition coefficient (Wildman–Crippen LogP) is -3.49. The lowest BCUT2D eigenvalue weighted by atomic mass is 10.2. The molecule has 1 heterocycles. The molecule has 0 aromatic carbocycles. The molecule has 26 heavy (non-hydrogen) atoms. The minimum atomic E-state index is -1.19. The fourth-order valence-electron chi connectivity index (χ4n) is 1.83. The summed E-state index contributed by atoms with van der Waals surface area (Å²) in [6.45, 7) is 3.85. The second-order valence-electron chi connectivity index (χ2n) is 5.62. The van der Waals surface area contributed by atoms with E-state index in [1.807, 2.05) is 0 Å². The number of epoxide rings is 1. The molecule has 0 saturated carbocycles. The molecule has 146 valence electrons. The van der Waals surface area contributed by atoms with Gasteiger partial charge in [-0.1, -0.05) is 0 Å². The molecule has 4 atom stereocenters. The number of nitrogens with zero attached hydrogens (tertiary/aromatic N) is 1. The van der Waals surface area contributed by atoms with E-state index in [9.17, 15) is 24.0 Å². The number of hydrazine groups is 1. The van der Waals surface area contributed by atoms with E-state index in [-0.39, 0.29) is 6.61 Å². The van der Waals surface area contributed by atoms with Crippen LogP contribution in [-0.2, 0) is 33.4 Å². The highest BCUT2D eigenvalue weighted by Gasteiger charge is 2.53. The van der Waals surface area contributed by atoms with Crippen LogP contribution in [0.2, 0.25) is 0 Å². The molecule has 0 bridgehead atoms. The van der Waals surface area contributed by atoms with E-state index in [1.54, 1.807) is 6.92 Å². The molecule has 1 rings (SSSR count). The highest BCUT2D eigenvalue weighted by Crippen LogP contribution is 2.25. The molecule has 2 unspecified atom stereocenters. The summed E-state index contributed by atoms with van der Waals surface area (Å²) in [4.78, 5) is 58.6. The van der Waals surface area contributed by atoms with E-state index in [0.717, 1.165) is 0 Å². The van der Waals surface area contributed by atoms with Crippen molar-refractivity contribution in [1.82, 2.24) is 15.8 Å². The molecule has 0 spiro atoms. The van der Waals surface area contributed by atoms with Crippen molar-refractivity contribution in [1.29, 1.82) is 0 Å². The van der Waals surface area contributed by atoms with Crippen molar-refractivity contribution in [3.8, 4) is 0 Å². The van der Waals surface area contributed by atoms with Gasteiger partial charge in [0.15, 0.2) is 12.2 Å². The average molecular weight is 373 g/mol. The van der Waals surface area contributed by atoms with Gasteiger partial charge in [0.05, 0.1) is 12.6 Å². The van der Waals surface area contributed by atoms with Crippen LogP contribution in [0.4, 0.5) is 0 Å². The van der Waals surface area contributed by atoms with Gasteiger partial charge in [-0.15, -0.1) is 0 Å². The molecule has 1 saturated heterocycles. The van der Waals surface area contributed by atoms with E-state index >= 15 is 0 Å². The first-order valence-corrected chi connectivity index (χ1v) is 7.86. The molecule has 1 aliphatic rings. The first kappa shape index (κ1) is 21.3. The number of carbonyl (C=O) groups is 5. The highest BCUT2D eigenvalue weighted by atomic mass is 16.6. The van der Waals surface area contributed by atoms with Crippen molar-refractivity contribution in [2.24, 2.45) is 11.5 Å². The van der Waals surface area contributed by atoms with Crippen molar-refractivity contribution >= 4 is 29.6 Å².